The standard InChI is InChI=1S/C15H17N3O2/c1-9-8-10(2)17-14(13(9)15(19)20)18-11(3)12-6-4-5-7-16-12/h4-8,11H,1-3H3,(H,17,18)(H,19,20). The Morgan fingerprint density at radius 3 is 2.70 bits per heavy atom. The Balaban J connectivity index is 2.36. The molecule has 0 fully saturated rings. The molecular formula is C15H17N3O2. The fourth-order valence-electron chi connectivity index (χ4n) is 2.12. The van der Waals surface area contributed by atoms with Gasteiger partial charge in [0.1, 0.15) is 11.4 Å². The topological polar surface area (TPSA) is 75.1 Å². The number of carboxylic acid groups (broad SMARTS) is 1. The maximum atomic E-state index is 11.4. The van der Waals surface area contributed by atoms with Gasteiger partial charge in [-0.15, -0.1) is 0 Å². The van der Waals surface area contributed by atoms with Crippen molar-refractivity contribution in [3.63, 3.8) is 0 Å². The zero-order valence-corrected chi connectivity index (χ0v) is 11.7. The lowest BCUT2D eigenvalue weighted by atomic mass is 10.1. The van der Waals surface area contributed by atoms with E-state index in [0.717, 1.165) is 11.4 Å². The molecule has 0 aromatic carbocycles. The van der Waals surface area contributed by atoms with Crippen molar-refractivity contribution in [2.75, 3.05) is 5.32 Å². The molecule has 104 valence electrons. The third-order valence-corrected chi connectivity index (χ3v) is 3.04. The molecule has 0 bridgehead atoms. The lowest BCUT2D eigenvalue weighted by molar-refractivity contribution is 0.0696. The summed E-state index contributed by atoms with van der Waals surface area (Å²) in [5.74, 6) is -0.598. The van der Waals surface area contributed by atoms with Crippen LogP contribution in [-0.4, -0.2) is 21.0 Å². The number of hydrogen-bond acceptors (Lipinski definition) is 4. The van der Waals surface area contributed by atoms with Crippen LogP contribution in [0.25, 0.3) is 0 Å². The second-order valence-corrected chi connectivity index (χ2v) is 4.73. The molecule has 2 rings (SSSR count). The zero-order valence-electron chi connectivity index (χ0n) is 11.7. The highest BCUT2D eigenvalue weighted by atomic mass is 16.4. The van der Waals surface area contributed by atoms with Gasteiger partial charge in [0.25, 0.3) is 0 Å². The predicted octanol–water partition coefficient (Wildman–Crippen LogP) is 2.96. The predicted molar refractivity (Wildman–Crippen MR) is 76.9 cm³/mol. The Morgan fingerprint density at radius 1 is 1.35 bits per heavy atom. The number of carboxylic acids is 1. The summed E-state index contributed by atoms with van der Waals surface area (Å²) in [6, 6.07) is 7.27. The first-order chi connectivity index (χ1) is 9.49. The van der Waals surface area contributed by atoms with Crippen LogP contribution in [0.4, 0.5) is 5.82 Å². The maximum Gasteiger partial charge on any atom is 0.339 e. The number of pyridine rings is 2. The molecule has 2 N–H and O–H groups in total. The van der Waals surface area contributed by atoms with E-state index in [1.165, 1.54) is 0 Å². The number of aryl methyl sites for hydroxylation is 2. The minimum Gasteiger partial charge on any atom is -0.478 e. The third kappa shape index (κ3) is 2.93. The molecule has 2 aromatic heterocycles. The lowest BCUT2D eigenvalue weighted by Crippen LogP contribution is -2.15. The normalized spacial score (nSPS) is 11.9. The molecular weight excluding hydrogens is 254 g/mol. The van der Waals surface area contributed by atoms with E-state index in [0.29, 0.717) is 11.4 Å². The lowest BCUT2D eigenvalue weighted by Gasteiger charge is -2.17. The van der Waals surface area contributed by atoms with Crippen molar-refractivity contribution in [1.29, 1.82) is 0 Å². The van der Waals surface area contributed by atoms with E-state index in [9.17, 15) is 9.90 Å². The summed E-state index contributed by atoms with van der Waals surface area (Å²) >= 11 is 0. The maximum absolute atomic E-state index is 11.4. The molecule has 0 saturated carbocycles. The minimum atomic E-state index is -0.981. The first-order valence-corrected chi connectivity index (χ1v) is 6.38. The first-order valence-electron chi connectivity index (χ1n) is 6.38. The molecule has 0 spiro atoms. The van der Waals surface area contributed by atoms with Gasteiger partial charge in [-0.2, -0.15) is 0 Å². The Kier molecular flexibility index (Phi) is 3.98. The number of nitrogens with one attached hydrogen (secondary N) is 1. The quantitative estimate of drug-likeness (QED) is 0.894. The monoisotopic (exact) mass is 271 g/mol. The van der Waals surface area contributed by atoms with Gasteiger partial charge in [-0.05, 0) is 44.5 Å². The van der Waals surface area contributed by atoms with Gasteiger partial charge in [0.2, 0.25) is 0 Å². The van der Waals surface area contributed by atoms with Crippen molar-refractivity contribution >= 4 is 11.8 Å². The van der Waals surface area contributed by atoms with Gasteiger partial charge in [0, 0.05) is 11.9 Å². The van der Waals surface area contributed by atoms with Crippen molar-refractivity contribution in [3.8, 4) is 0 Å². The van der Waals surface area contributed by atoms with E-state index in [2.05, 4.69) is 15.3 Å². The number of hydrogen-bond donors (Lipinski definition) is 2. The highest BCUT2D eigenvalue weighted by Crippen LogP contribution is 2.23. The highest BCUT2D eigenvalue weighted by Gasteiger charge is 2.18. The summed E-state index contributed by atoms with van der Waals surface area (Å²) in [4.78, 5) is 19.9. The molecule has 1 atom stereocenters. The van der Waals surface area contributed by atoms with Crippen molar-refractivity contribution in [1.82, 2.24) is 9.97 Å². The van der Waals surface area contributed by atoms with Gasteiger partial charge in [0.05, 0.1) is 11.7 Å². The van der Waals surface area contributed by atoms with E-state index in [-0.39, 0.29) is 11.6 Å². The summed E-state index contributed by atoms with van der Waals surface area (Å²) in [5, 5.41) is 12.5. The van der Waals surface area contributed by atoms with E-state index in [4.69, 9.17) is 0 Å². The van der Waals surface area contributed by atoms with Crippen LogP contribution >= 0.6 is 0 Å². The van der Waals surface area contributed by atoms with Gasteiger partial charge in [-0.3, -0.25) is 4.98 Å². The summed E-state index contributed by atoms with van der Waals surface area (Å²) in [5.41, 5.74) is 2.52. The number of anilines is 1. The molecule has 0 aliphatic heterocycles. The molecule has 0 aliphatic carbocycles. The Morgan fingerprint density at radius 2 is 2.10 bits per heavy atom. The van der Waals surface area contributed by atoms with Gasteiger partial charge in [0.15, 0.2) is 0 Å². The van der Waals surface area contributed by atoms with E-state index in [1.807, 2.05) is 32.0 Å². The average Bonchev–Trinajstić information content (AvgIpc) is 2.38. The van der Waals surface area contributed by atoms with Gasteiger partial charge < -0.3 is 10.4 Å². The van der Waals surface area contributed by atoms with Crippen LogP contribution in [0.5, 0.6) is 0 Å². The second kappa shape index (κ2) is 5.69. The zero-order chi connectivity index (χ0) is 14.7. The van der Waals surface area contributed by atoms with Crippen LogP contribution in [0.2, 0.25) is 0 Å². The number of aromatic carboxylic acids is 1. The molecule has 2 aromatic rings. The Hall–Kier alpha value is -2.43. The third-order valence-electron chi connectivity index (χ3n) is 3.04. The summed E-state index contributed by atoms with van der Waals surface area (Å²) < 4.78 is 0. The molecule has 2 heterocycles. The Labute approximate surface area is 117 Å². The van der Waals surface area contributed by atoms with Crippen molar-refractivity contribution < 1.29 is 9.90 Å². The number of carbonyl (C=O) groups is 1. The van der Waals surface area contributed by atoms with E-state index >= 15 is 0 Å². The van der Waals surface area contributed by atoms with E-state index < -0.39 is 5.97 Å². The molecule has 20 heavy (non-hydrogen) atoms. The SMILES string of the molecule is Cc1cc(C)c(C(=O)O)c(NC(C)c2ccccn2)n1. The van der Waals surface area contributed by atoms with Crippen molar-refractivity contribution in [2.45, 2.75) is 26.8 Å². The molecule has 5 nitrogen and oxygen atoms in total. The molecule has 0 aliphatic rings. The van der Waals surface area contributed by atoms with Gasteiger partial charge in [-0.25, -0.2) is 9.78 Å². The fraction of sp³-hybridized carbons (Fsp3) is 0.267. The number of rotatable bonds is 4. The minimum absolute atomic E-state index is 0.122. The highest BCUT2D eigenvalue weighted by molar-refractivity contribution is 5.94. The Bertz CT molecular complexity index is 627. The first kappa shape index (κ1) is 14.0. The van der Waals surface area contributed by atoms with Crippen molar-refractivity contribution in [3.05, 3.63) is 53.0 Å². The van der Waals surface area contributed by atoms with Gasteiger partial charge >= 0.3 is 5.97 Å². The van der Waals surface area contributed by atoms with Crippen LogP contribution in [0.3, 0.4) is 0 Å². The van der Waals surface area contributed by atoms with Crippen LogP contribution in [0.15, 0.2) is 30.5 Å². The van der Waals surface area contributed by atoms with Crippen LogP contribution in [0.1, 0.15) is 40.3 Å². The van der Waals surface area contributed by atoms with E-state index in [1.54, 1.807) is 19.2 Å². The summed E-state index contributed by atoms with van der Waals surface area (Å²) in [7, 11) is 0. The summed E-state index contributed by atoms with van der Waals surface area (Å²) in [6.07, 6.45) is 1.71. The molecule has 0 saturated heterocycles. The average molecular weight is 271 g/mol. The van der Waals surface area contributed by atoms with Crippen LogP contribution < -0.4 is 5.32 Å². The summed E-state index contributed by atoms with van der Waals surface area (Å²) in [6.45, 7) is 5.54. The largest absolute Gasteiger partial charge is 0.478 e. The molecule has 0 radical (unpaired) electrons. The molecule has 1 unspecified atom stereocenters. The second-order valence-electron chi connectivity index (χ2n) is 4.73. The fourth-order valence-corrected chi connectivity index (χ4v) is 2.12. The smallest absolute Gasteiger partial charge is 0.339 e. The van der Waals surface area contributed by atoms with Gasteiger partial charge in [-0.1, -0.05) is 6.07 Å². The van der Waals surface area contributed by atoms with Crippen LogP contribution in [0, 0.1) is 13.8 Å². The number of aromatic nitrogens is 2. The van der Waals surface area contributed by atoms with Crippen LogP contribution in [-0.2, 0) is 0 Å². The number of nitrogens with zero attached hydrogens (tertiary/aromatic N) is 2. The molecule has 0 amide bonds. The van der Waals surface area contributed by atoms with Crippen molar-refractivity contribution in [2.24, 2.45) is 0 Å². The molecule has 5 heteroatoms.